The Balaban J connectivity index is 2.47. The van der Waals surface area contributed by atoms with Crippen molar-refractivity contribution in [2.24, 2.45) is 5.73 Å². The number of primary amides is 1. The minimum atomic E-state index is -0.435. The van der Waals surface area contributed by atoms with Crippen molar-refractivity contribution in [3.8, 4) is 0 Å². The molecule has 0 spiro atoms. The summed E-state index contributed by atoms with van der Waals surface area (Å²) in [6.07, 6.45) is 1.62. The summed E-state index contributed by atoms with van der Waals surface area (Å²) in [5.41, 5.74) is 12.5. The topological polar surface area (TPSA) is 78.3 Å². The first-order valence-corrected chi connectivity index (χ1v) is 6.12. The van der Waals surface area contributed by atoms with E-state index in [9.17, 15) is 4.79 Å². The van der Waals surface area contributed by atoms with Gasteiger partial charge in [-0.2, -0.15) is 0 Å². The van der Waals surface area contributed by atoms with Gasteiger partial charge in [-0.25, -0.2) is 0 Å². The molecule has 1 aliphatic rings. The zero-order valence-corrected chi connectivity index (χ0v) is 10.3. The molecule has 1 aliphatic heterocycles. The van der Waals surface area contributed by atoms with Gasteiger partial charge in [0.15, 0.2) is 0 Å². The fourth-order valence-corrected chi connectivity index (χ4v) is 3.01. The third-order valence-corrected chi connectivity index (χ3v) is 4.25. The van der Waals surface area contributed by atoms with E-state index in [-0.39, 0.29) is 5.60 Å². The van der Waals surface area contributed by atoms with Crippen molar-refractivity contribution in [1.82, 2.24) is 0 Å². The molecule has 1 atom stereocenters. The molecule has 88 valence electrons. The summed E-state index contributed by atoms with van der Waals surface area (Å²) in [6, 6.07) is 0. The number of amides is 1. The quantitative estimate of drug-likeness (QED) is 0.825. The molecule has 2 heterocycles. The molecule has 4 nitrogen and oxygen atoms in total. The van der Waals surface area contributed by atoms with Gasteiger partial charge in [0.1, 0.15) is 0 Å². The Hall–Kier alpha value is -1.07. The van der Waals surface area contributed by atoms with Crippen LogP contribution in [0.5, 0.6) is 0 Å². The Bertz CT molecular complexity index is 441. The molecule has 1 aromatic rings. The summed E-state index contributed by atoms with van der Waals surface area (Å²) in [4.78, 5) is 12.4. The SMILES string of the molecule is CC[C@]1(C)Cc2c(sc(N)c2C(N)=O)CO1. The zero-order valence-electron chi connectivity index (χ0n) is 9.50. The molecule has 5 heteroatoms. The molecular formula is C11H16N2O2S. The lowest BCUT2D eigenvalue weighted by molar-refractivity contribution is -0.0547. The van der Waals surface area contributed by atoms with Gasteiger partial charge in [-0.3, -0.25) is 4.79 Å². The molecule has 4 N–H and O–H groups in total. The average Bonchev–Trinajstić information content (AvgIpc) is 2.53. The van der Waals surface area contributed by atoms with Crippen LogP contribution < -0.4 is 11.5 Å². The molecule has 0 saturated heterocycles. The molecular weight excluding hydrogens is 224 g/mol. The number of carbonyl (C=O) groups excluding carboxylic acids is 1. The lowest BCUT2D eigenvalue weighted by atomic mass is 9.89. The summed E-state index contributed by atoms with van der Waals surface area (Å²) >= 11 is 1.41. The van der Waals surface area contributed by atoms with E-state index in [1.807, 2.05) is 0 Å². The maximum Gasteiger partial charge on any atom is 0.251 e. The van der Waals surface area contributed by atoms with Crippen molar-refractivity contribution >= 4 is 22.2 Å². The van der Waals surface area contributed by atoms with E-state index in [4.69, 9.17) is 16.2 Å². The summed E-state index contributed by atoms with van der Waals surface area (Å²) in [7, 11) is 0. The molecule has 0 unspecified atom stereocenters. The Morgan fingerprint density at radius 3 is 2.88 bits per heavy atom. The number of anilines is 1. The van der Waals surface area contributed by atoms with E-state index in [1.54, 1.807) is 0 Å². The van der Waals surface area contributed by atoms with Crippen LogP contribution in [0.3, 0.4) is 0 Å². The van der Waals surface area contributed by atoms with Gasteiger partial charge in [-0.1, -0.05) is 6.92 Å². The molecule has 0 radical (unpaired) electrons. The van der Waals surface area contributed by atoms with Crippen LogP contribution >= 0.6 is 11.3 Å². The van der Waals surface area contributed by atoms with E-state index in [0.29, 0.717) is 23.6 Å². The smallest absolute Gasteiger partial charge is 0.251 e. The monoisotopic (exact) mass is 240 g/mol. The number of hydrogen-bond donors (Lipinski definition) is 2. The normalized spacial score (nSPS) is 24.1. The highest BCUT2D eigenvalue weighted by molar-refractivity contribution is 7.16. The van der Waals surface area contributed by atoms with Gasteiger partial charge in [0, 0.05) is 11.3 Å². The van der Waals surface area contributed by atoms with Crippen LogP contribution in [0, 0.1) is 0 Å². The van der Waals surface area contributed by atoms with Crippen molar-refractivity contribution in [2.75, 3.05) is 5.73 Å². The molecule has 0 saturated carbocycles. The number of carbonyl (C=O) groups is 1. The average molecular weight is 240 g/mol. The van der Waals surface area contributed by atoms with Crippen LogP contribution in [0.25, 0.3) is 0 Å². The molecule has 0 bridgehead atoms. The maximum absolute atomic E-state index is 11.4. The first-order chi connectivity index (χ1) is 7.47. The standard InChI is InChI=1S/C11H16N2O2S/c1-3-11(2)4-6-7(5-15-11)16-10(13)8(6)9(12)14/h3-5,13H2,1-2H3,(H2,12,14)/t11-/m1/s1. The number of ether oxygens (including phenoxy) is 1. The second-order valence-corrected chi connectivity index (χ2v) is 5.51. The van der Waals surface area contributed by atoms with Crippen LogP contribution in [0.2, 0.25) is 0 Å². The number of nitrogen functional groups attached to an aromatic ring is 1. The minimum Gasteiger partial charge on any atom is -0.390 e. The lowest BCUT2D eigenvalue weighted by Crippen LogP contribution is -2.35. The van der Waals surface area contributed by atoms with E-state index in [2.05, 4.69) is 13.8 Å². The third kappa shape index (κ3) is 1.70. The van der Waals surface area contributed by atoms with Crippen LogP contribution in [-0.2, 0) is 17.8 Å². The molecule has 2 rings (SSSR count). The summed E-state index contributed by atoms with van der Waals surface area (Å²) < 4.78 is 5.79. The largest absolute Gasteiger partial charge is 0.390 e. The molecule has 1 aromatic heterocycles. The van der Waals surface area contributed by atoms with Crippen LogP contribution in [0.1, 0.15) is 41.1 Å². The van der Waals surface area contributed by atoms with E-state index >= 15 is 0 Å². The van der Waals surface area contributed by atoms with E-state index in [1.165, 1.54) is 11.3 Å². The summed E-state index contributed by atoms with van der Waals surface area (Å²) in [5.74, 6) is -0.435. The third-order valence-electron chi connectivity index (χ3n) is 3.21. The highest BCUT2D eigenvalue weighted by atomic mass is 32.1. The van der Waals surface area contributed by atoms with Crippen molar-refractivity contribution in [3.63, 3.8) is 0 Å². The second kappa shape index (κ2) is 3.75. The zero-order chi connectivity index (χ0) is 11.9. The molecule has 1 amide bonds. The van der Waals surface area contributed by atoms with Gasteiger partial charge in [0.05, 0.1) is 22.8 Å². The van der Waals surface area contributed by atoms with Gasteiger partial charge in [-0.15, -0.1) is 11.3 Å². The minimum absolute atomic E-state index is 0.204. The number of hydrogen-bond acceptors (Lipinski definition) is 4. The Labute approximate surface area is 98.6 Å². The first-order valence-electron chi connectivity index (χ1n) is 5.30. The maximum atomic E-state index is 11.4. The second-order valence-electron chi connectivity index (χ2n) is 4.38. The van der Waals surface area contributed by atoms with Gasteiger partial charge in [0.2, 0.25) is 0 Å². The Morgan fingerprint density at radius 1 is 1.62 bits per heavy atom. The Morgan fingerprint density at radius 2 is 2.31 bits per heavy atom. The fraction of sp³-hybridized carbons (Fsp3) is 0.545. The highest BCUT2D eigenvalue weighted by Gasteiger charge is 2.34. The number of rotatable bonds is 2. The number of fused-ring (bicyclic) bond motifs is 1. The predicted octanol–water partition coefficient (Wildman–Crippen LogP) is 1.67. The Kier molecular flexibility index (Phi) is 2.67. The highest BCUT2D eigenvalue weighted by Crippen LogP contribution is 2.39. The van der Waals surface area contributed by atoms with Gasteiger partial charge in [0.25, 0.3) is 5.91 Å². The first kappa shape index (κ1) is 11.4. The van der Waals surface area contributed by atoms with Crippen molar-refractivity contribution < 1.29 is 9.53 Å². The fourth-order valence-electron chi connectivity index (χ4n) is 2.00. The van der Waals surface area contributed by atoms with Crippen LogP contribution in [0.15, 0.2) is 0 Å². The lowest BCUT2D eigenvalue weighted by Gasteiger charge is -2.33. The van der Waals surface area contributed by atoms with Crippen molar-refractivity contribution in [2.45, 2.75) is 38.9 Å². The van der Waals surface area contributed by atoms with Gasteiger partial charge < -0.3 is 16.2 Å². The number of thiophene rings is 1. The van der Waals surface area contributed by atoms with E-state index in [0.717, 1.165) is 16.9 Å². The van der Waals surface area contributed by atoms with Gasteiger partial charge in [-0.05, 0) is 18.9 Å². The summed E-state index contributed by atoms with van der Waals surface area (Å²) in [5, 5.41) is 0.515. The molecule has 0 aliphatic carbocycles. The molecule has 0 fully saturated rings. The number of nitrogens with two attached hydrogens (primary N) is 2. The molecule has 0 aromatic carbocycles. The van der Waals surface area contributed by atoms with Gasteiger partial charge >= 0.3 is 0 Å². The van der Waals surface area contributed by atoms with Crippen LogP contribution in [0.4, 0.5) is 5.00 Å². The summed E-state index contributed by atoms with van der Waals surface area (Å²) in [6.45, 7) is 4.65. The van der Waals surface area contributed by atoms with Crippen LogP contribution in [-0.4, -0.2) is 11.5 Å². The van der Waals surface area contributed by atoms with Crippen molar-refractivity contribution in [3.05, 3.63) is 16.0 Å². The molecule has 16 heavy (non-hydrogen) atoms. The predicted molar refractivity (Wildman–Crippen MR) is 64.4 cm³/mol. The van der Waals surface area contributed by atoms with Crippen molar-refractivity contribution in [1.29, 1.82) is 0 Å². The van der Waals surface area contributed by atoms with E-state index < -0.39 is 5.91 Å².